The second kappa shape index (κ2) is 5.03. The summed E-state index contributed by atoms with van der Waals surface area (Å²) in [4.78, 5) is 13.3. The molecule has 0 aliphatic rings. The van der Waals surface area contributed by atoms with Crippen LogP contribution in [0.2, 0.25) is 0 Å². The van der Waals surface area contributed by atoms with Gasteiger partial charge in [-0.15, -0.1) is 0 Å². The van der Waals surface area contributed by atoms with E-state index in [0.29, 0.717) is 10.0 Å². The van der Waals surface area contributed by atoms with Crippen molar-refractivity contribution in [3.8, 4) is 0 Å². The zero-order chi connectivity index (χ0) is 10.6. The van der Waals surface area contributed by atoms with E-state index in [1.165, 1.54) is 6.08 Å². The van der Waals surface area contributed by atoms with Crippen molar-refractivity contribution < 1.29 is 9.18 Å². The topological polar surface area (TPSA) is 29.4 Å². The molecular weight excluding hydrogens is 249 g/mol. The van der Waals surface area contributed by atoms with Crippen molar-refractivity contribution in [2.45, 2.75) is 19.9 Å². The van der Waals surface area contributed by atoms with E-state index in [0.717, 1.165) is 12.0 Å². The van der Waals surface area contributed by atoms with Crippen LogP contribution in [0.5, 0.6) is 0 Å². The molecule has 1 aromatic rings. The Bertz CT molecular complexity index is 386. The summed E-state index contributed by atoms with van der Waals surface area (Å²) in [6.07, 6.45) is 2.21. The monoisotopic (exact) mass is 257 g/mol. The van der Waals surface area contributed by atoms with Crippen LogP contribution in [0.25, 0.3) is 0 Å². The number of aryl methyl sites for hydroxylation is 1. The standard InChI is InChI=1S/C10H9BrFNO/c1-2-7-3-8(5-13-6-14)10(12)9(11)4-7/h3-4H,2,5H2,1H3. The van der Waals surface area contributed by atoms with Crippen LogP contribution in [0.4, 0.5) is 4.39 Å². The van der Waals surface area contributed by atoms with Crippen molar-refractivity contribution in [3.63, 3.8) is 0 Å². The molecule has 0 radical (unpaired) electrons. The molecule has 0 amide bonds. The van der Waals surface area contributed by atoms with Crippen LogP contribution in [-0.4, -0.2) is 6.08 Å². The molecule has 0 N–H and O–H groups in total. The van der Waals surface area contributed by atoms with E-state index >= 15 is 0 Å². The predicted molar refractivity (Wildman–Crippen MR) is 55.3 cm³/mol. The van der Waals surface area contributed by atoms with Crippen molar-refractivity contribution in [1.82, 2.24) is 0 Å². The minimum Gasteiger partial charge on any atom is -0.211 e. The van der Waals surface area contributed by atoms with Gasteiger partial charge in [0.2, 0.25) is 6.08 Å². The van der Waals surface area contributed by atoms with Gasteiger partial charge < -0.3 is 0 Å². The van der Waals surface area contributed by atoms with Gasteiger partial charge in [0.15, 0.2) is 0 Å². The predicted octanol–water partition coefficient (Wildman–Crippen LogP) is 2.99. The molecule has 0 aliphatic carbocycles. The Morgan fingerprint density at radius 3 is 2.86 bits per heavy atom. The highest BCUT2D eigenvalue weighted by atomic mass is 79.9. The highest BCUT2D eigenvalue weighted by Gasteiger charge is 2.07. The van der Waals surface area contributed by atoms with E-state index < -0.39 is 0 Å². The zero-order valence-corrected chi connectivity index (χ0v) is 9.27. The van der Waals surface area contributed by atoms with Crippen molar-refractivity contribution in [2.24, 2.45) is 4.99 Å². The Kier molecular flexibility index (Phi) is 3.98. The quantitative estimate of drug-likeness (QED) is 0.605. The third-order valence-corrected chi connectivity index (χ3v) is 2.46. The smallest absolute Gasteiger partial charge is 0.211 e. The van der Waals surface area contributed by atoms with Gasteiger partial charge >= 0.3 is 0 Å². The summed E-state index contributed by atoms with van der Waals surface area (Å²) in [7, 11) is 0. The number of hydrogen-bond donors (Lipinski definition) is 0. The van der Waals surface area contributed by atoms with E-state index in [1.54, 1.807) is 12.1 Å². The lowest BCUT2D eigenvalue weighted by Gasteiger charge is -2.04. The van der Waals surface area contributed by atoms with Crippen molar-refractivity contribution >= 4 is 22.0 Å². The third-order valence-electron chi connectivity index (χ3n) is 1.89. The van der Waals surface area contributed by atoms with Crippen LogP contribution in [0.15, 0.2) is 21.6 Å². The van der Waals surface area contributed by atoms with Crippen LogP contribution < -0.4 is 0 Å². The van der Waals surface area contributed by atoms with Gasteiger partial charge in [-0.05, 0) is 34.0 Å². The van der Waals surface area contributed by atoms with Gasteiger partial charge in [0.25, 0.3) is 0 Å². The number of nitrogens with zero attached hydrogens (tertiary/aromatic N) is 1. The molecule has 0 fully saturated rings. The van der Waals surface area contributed by atoms with Crippen LogP contribution in [-0.2, 0) is 17.8 Å². The Morgan fingerprint density at radius 1 is 1.57 bits per heavy atom. The molecule has 0 unspecified atom stereocenters. The van der Waals surface area contributed by atoms with Gasteiger partial charge in [0, 0.05) is 5.56 Å². The molecule has 1 aromatic carbocycles. The molecule has 0 heterocycles. The normalized spacial score (nSPS) is 9.64. The molecule has 14 heavy (non-hydrogen) atoms. The zero-order valence-electron chi connectivity index (χ0n) is 7.68. The van der Waals surface area contributed by atoms with Crippen LogP contribution in [0.3, 0.4) is 0 Å². The molecule has 1 rings (SSSR count). The summed E-state index contributed by atoms with van der Waals surface area (Å²) in [6, 6.07) is 3.43. The highest BCUT2D eigenvalue weighted by Crippen LogP contribution is 2.22. The van der Waals surface area contributed by atoms with E-state index in [2.05, 4.69) is 20.9 Å². The second-order valence-electron chi connectivity index (χ2n) is 2.81. The molecule has 0 spiro atoms. The number of isocyanates is 1. The number of aliphatic imine (C=N–C) groups is 1. The Morgan fingerprint density at radius 2 is 2.29 bits per heavy atom. The van der Waals surface area contributed by atoms with Crippen molar-refractivity contribution in [3.05, 3.63) is 33.5 Å². The number of halogens is 2. The van der Waals surface area contributed by atoms with E-state index in [4.69, 9.17) is 0 Å². The molecule has 0 saturated carbocycles. The number of benzene rings is 1. The fourth-order valence-electron chi connectivity index (χ4n) is 1.14. The number of hydrogen-bond acceptors (Lipinski definition) is 2. The van der Waals surface area contributed by atoms with Gasteiger partial charge in [0.05, 0.1) is 11.0 Å². The molecule has 4 heteroatoms. The van der Waals surface area contributed by atoms with Gasteiger partial charge in [-0.1, -0.05) is 13.0 Å². The largest absolute Gasteiger partial charge is 0.235 e. The van der Waals surface area contributed by atoms with Crippen molar-refractivity contribution in [1.29, 1.82) is 0 Å². The van der Waals surface area contributed by atoms with Gasteiger partial charge in [-0.2, -0.15) is 0 Å². The average molecular weight is 258 g/mol. The molecule has 0 aliphatic heterocycles. The van der Waals surface area contributed by atoms with E-state index in [-0.39, 0.29) is 12.4 Å². The maximum absolute atomic E-state index is 13.4. The maximum atomic E-state index is 13.4. The summed E-state index contributed by atoms with van der Waals surface area (Å²) in [5, 5.41) is 0. The minimum atomic E-state index is -0.360. The fraction of sp³-hybridized carbons (Fsp3) is 0.300. The van der Waals surface area contributed by atoms with Crippen LogP contribution in [0.1, 0.15) is 18.1 Å². The lowest BCUT2D eigenvalue weighted by atomic mass is 10.1. The maximum Gasteiger partial charge on any atom is 0.235 e. The molecular formula is C10H9BrFNO. The molecule has 0 aromatic heterocycles. The van der Waals surface area contributed by atoms with E-state index in [1.807, 2.05) is 6.92 Å². The first-order valence-corrected chi connectivity index (χ1v) is 4.98. The minimum absolute atomic E-state index is 0.0434. The first kappa shape index (κ1) is 11.1. The molecule has 74 valence electrons. The van der Waals surface area contributed by atoms with Crippen LogP contribution in [0, 0.1) is 5.82 Å². The number of carbonyl (C=O) groups excluding carboxylic acids is 1. The summed E-state index contributed by atoms with van der Waals surface area (Å²) >= 11 is 3.11. The highest BCUT2D eigenvalue weighted by molar-refractivity contribution is 9.10. The first-order valence-electron chi connectivity index (χ1n) is 4.19. The Balaban J connectivity index is 3.12. The van der Waals surface area contributed by atoms with Crippen LogP contribution >= 0.6 is 15.9 Å². The summed E-state index contributed by atoms with van der Waals surface area (Å²) in [5.74, 6) is -0.360. The molecule has 0 bridgehead atoms. The summed E-state index contributed by atoms with van der Waals surface area (Å²) < 4.78 is 13.8. The van der Waals surface area contributed by atoms with E-state index in [9.17, 15) is 9.18 Å². The molecule has 0 atom stereocenters. The Hall–Kier alpha value is -0.990. The first-order chi connectivity index (χ1) is 6.69. The lowest BCUT2D eigenvalue weighted by Crippen LogP contribution is -1.93. The lowest BCUT2D eigenvalue weighted by molar-refractivity contribution is 0.561. The summed E-state index contributed by atoms with van der Waals surface area (Å²) in [6.45, 7) is 2.02. The molecule has 2 nitrogen and oxygen atoms in total. The van der Waals surface area contributed by atoms with Crippen molar-refractivity contribution in [2.75, 3.05) is 0 Å². The summed E-state index contributed by atoms with van der Waals surface area (Å²) in [5.41, 5.74) is 1.42. The third kappa shape index (κ3) is 2.50. The SMILES string of the molecule is CCc1cc(Br)c(F)c(CN=C=O)c1. The fourth-order valence-corrected chi connectivity index (χ4v) is 1.69. The van der Waals surface area contributed by atoms with Gasteiger partial charge in [-0.3, -0.25) is 0 Å². The second-order valence-corrected chi connectivity index (χ2v) is 3.67. The van der Waals surface area contributed by atoms with Gasteiger partial charge in [0.1, 0.15) is 5.82 Å². The molecule has 0 saturated heterocycles. The average Bonchev–Trinajstić information content (AvgIpc) is 2.20. The number of rotatable bonds is 3. The van der Waals surface area contributed by atoms with Gasteiger partial charge in [-0.25, -0.2) is 14.2 Å². The Labute approximate surface area is 90.0 Å².